The van der Waals surface area contributed by atoms with Crippen LogP contribution in [0, 0.1) is 11.6 Å². The zero-order valence-corrected chi connectivity index (χ0v) is 9.50. The lowest BCUT2D eigenvalue weighted by Gasteiger charge is -2.06. The molecule has 0 amide bonds. The predicted octanol–water partition coefficient (Wildman–Crippen LogP) is 3.33. The van der Waals surface area contributed by atoms with E-state index in [9.17, 15) is 8.78 Å². The average Bonchev–Trinajstić information content (AvgIpc) is 2.60. The first-order valence-electron chi connectivity index (χ1n) is 5.21. The Morgan fingerprint density at radius 1 is 1.24 bits per heavy atom. The minimum atomic E-state index is -0.692. The Hall–Kier alpha value is -1.91. The summed E-state index contributed by atoms with van der Waals surface area (Å²) in [5.74, 6) is -1.19. The van der Waals surface area contributed by atoms with Crippen LogP contribution in [0.2, 0.25) is 0 Å². The molecule has 17 heavy (non-hydrogen) atoms. The van der Waals surface area contributed by atoms with Crippen LogP contribution in [-0.4, -0.2) is 5.16 Å². The van der Waals surface area contributed by atoms with Crippen LogP contribution in [-0.2, 0) is 0 Å². The number of rotatable bonds is 2. The third-order valence-electron chi connectivity index (χ3n) is 2.52. The summed E-state index contributed by atoms with van der Waals surface area (Å²) in [5, 5.41) is 3.57. The van der Waals surface area contributed by atoms with E-state index in [1.54, 1.807) is 0 Å². The van der Waals surface area contributed by atoms with Crippen molar-refractivity contribution < 1.29 is 13.3 Å². The molecule has 5 heteroatoms. The molecule has 0 radical (unpaired) electrons. The van der Waals surface area contributed by atoms with Gasteiger partial charge in [-0.15, -0.1) is 0 Å². The van der Waals surface area contributed by atoms with Crippen LogP contribution in [0.4, 0.5) is 14.6 Å². The summed E-state index contributed by atoms with van der Waals surface area (Å²) < 4.78 is 32.2. The second-order valence-electron chi connectivity index (χ2n) is 4.06. The molecule has 1 aromatic carbocycles. The molecule has 2 rings (SSSR count). The Morgan fingerprint density at radius 3 is 2.35 bits per heavy atom. The first kappa shape index (κ1) is 11.6. The molecule has 0 saturated carbocycles. The van der Waals surface area contributed by atoms with Crippen molar-refractivity contribution in [2.45, 2.75) is 19.8 Å². The van der Waals surface area contributed by atoms with Gasteiger partial charge in [0.05, 0.1) is 5.56 Å². The highest BCUT2D eigenvalue weighted by molar-refractivity contribution is 5.68. The van der Waals surface area contributed by atoms with Gasteiger partial charge in [-0.3, -0.25) is 0 Å². The van der Waals surface area contributed by atoms with E-state index in [1.807, 2.05) is 13.8 Å². The molecule has 0 spiro atoms. The summed E-state index contributed by atoms with van der Waals surface area (Å²) in [4.78, 5) is 0. The average molecular weight is 238 g/mol. The largest absolute Gasteiger partial charge is 0.381 e. The normalized spacial score (nSPS) is 11.1. The maximum Gasteiger partial charge on any atom is 0.178 e. The van der Waals surface area contributed by atoms with Crippen molar-refractivity contribution in [3.8, 4) is 11.3 Å². The first-order chi connectivity index (χ1) is 8.02. The molecule has 90 valence electrons. The Morgan fingerprint density at radius 2 is 1.82 bits per heavy atom. The molecule has 0 aliphatic rings. The monoisotopic (exact) mass is 238 g/mol. The van der Waals surface area contributed by atoms with E-state index < -0.39 is 11.6 Å². The van der Waals surface area contributed by atoms with Crippen LogP contribution in [0.5, 0.6) is 0 Å². The maximum absolute atomic E-state index is 13.6. The van der Waals surface area contributed by atoms with Gasteiger partial charge in [0.2, 0.25) is 0 Å². The molecule has 2 N–H and O–H groups in total. The van der Waals surface area contributed by atoms with Crippen molar-refractivity contribution in [3.05, 3.63) is 35.4 Å². The molecule has 1 heterocycles. The number of benzene rings is 1. The third kappa shape index (κ3) is 1.88. The van der Waals surface area contributed by atoms with Crippen molar-refractivity contribution in [2.24, 2.45) is 0 Å². The Balaban J connectivity index is 2.69. The van der Waals surface area contributed by atoms with E-state index in [0.717, 1.165) is 0 Å². The fourth-order valence-corrected chi connectivity index (χ4v) is 1.76. The van der Waals surface area contributed by atoms with Gasteiger partial charge in [0.15, 0.2) is 11.6 Å². The van der Waals surface area contributed by atoms with Crippen molar-refractivity contribution >= 4 is 5.82 Å². The summed E-state index contributed by atoms with van der Waals surface area (Å²) in [5.41, 5.74) is 5.93. The number of nitrogens with zero attached hydrogens (tertiary/aromatic N) is 1. The van der Waals surface area contributed by atoms with Gasteiger partial charge in [-0.2, -0.15) is 0 Å². The van der Waals surface area contributed by atoms with Crippen LogP contribution >= 0.6 is 0 Å². The number of halogens is 2. The van der Waals surface area contributed by atoms with Gasteiger partial charge in [0.25, 0.3) is 0 Å². The molecule has 0 atom stereocenters. The fraction of sp³-hybridized carbons (Fsp3) is 0.250. The molecule has 0 unspecified atom stereocenters. The van der Waals surface area contributed by atoms with Gasteiger partial charge in [0.1, 0.15) is 11.6 Å². The number of hydrogen-bond donors (Lipinski definition) is 1. The van der Waals surface area contributed by atoms with Crippen molar-refractivity contribution in [1.82, 2.24) is 5.16 Å². The summed E-state index contributed by atoms with van der Waals surface area (Å²) in [7, 11) is 0. The van der Waals surface area contributed by atoms with Crippen LogP contribution < -0.4 is 5.73 Å². The van der Waals surface area contributed by atoms with Crippen LogP contribution in [0.3, 0.4) is 0 Å². The SMILES string of the molecule is CC(C)c1c(N)noc1-c1c(F)cccc1F. The molecule has 0 saturated heterocycles. The second kappa shape index (κ2) is 4.16. The Bertz CT molecular complexity index is 529. The summed E-state index contributed by atoms with van der Waals surface area (Å²) in [6, 6.07) is 3.63. The predicted molar refractivity (Wildman–Crippen MR) is 60.4 cm³/mol. The van der Waals surface area contributed by atoms with E-state index >= 15 is 0 Å². The summed E-state index contributed by atoms with van der Waals surface area (Å²) >= 11 is 0. The number of nitrogens with two attached hydrogens (primary N) is 1. The number of aromatic nitrogens is 1. The molecular weight excluding hydrogens is 226 g/mol. The minimum Gasteiger partial charge on any atom is -0.381 e. The van der Waals surface area contributed by atoms with Crippen LogP contribution in [0.15, 0.2) is 22.7 Å². The highest BCUT2D eigenvalue weighted by atomic mass is 19.1. The molecule has 3 nitrogen and oxygen atoms in total. The van der Waals surface area contributed by atoms with Crippen LogP contribution in [0.1, 0.15) is 25.3 Å². The third-order valence-corrected chi connectivity index (χ3v) is 2.52. The zero-order chi connectivity index (χ0) is 12.6. The summed E-state index contributed by atoms with van der Waals surface area (Å²) in [6.45, 7) is 3.70. The molecule has 2 aromatic rings. The number of hydrogen-bond acceptors (Lipinski definition) is 3. The fourth-order valence-electron chi connectivity index (χ4n) is 1.76. The number of anilines is 1. The van der Waals surface area contributed by atoms with E-state index in [-0.39, 0.29) is 23.1 Å². The minimum absolute atomic E-state index is 0.0322. The smallest absolute Gasteiger partial charge is 0.178 e. The van der Waals surface area contributed by atoms with E-state index in [4.69, 9.17) is 10.3 Å². The van der Waals surface area contributed by atoms with Crippen molar-refractivity contribution in [2.75, 3.05) is 5.73 Å². The number of nitrogen functional groups attached to an aromatic ring is 1. The van der Waals surface area contributed by atoms with Crippen LogP contribution in [0.25, 0.3) is 11.3 Å². The molecule has 0 bridgehead atoms. The van der Waals surface area contributed by atoms with Gasteiger partial charge in [0, 0.05) is 5.56 Å². The lowest BCUT2D eigenvalue weighted by molar-refractivity contribution is 0.428. The molecule has 0 aliphatic heterocycles. The molecule has 1 aromatic heterocycles. The molecular formula is C12H12F2N2O. The quantitative estimate of drug-likeness (QED) is 0.873. The topological polar surface area (TPSA) is 52.0 Å². The Labute approximate surface area is 97.2 Å². The summed E-state index contributed by atoms with van der Waals surface area (Å²) in [6.07, 6.45) is 0. The van der Waals surface area contributed by atoms with Crippen molar-refractivity contribution in [3.63, 3.8) is 0 Å². The molecule has 0 fully saturated rings. The molecule has 0 aliphatic carbocycles. The lowest BCUT2D eigenvalue weighted by Crippen LogP contribution is -1.97. The highest BCUT2D eigenvalue weighted by Gasteiger charge is 2.23. The highest BCUT2D eigenvalue weighted by Crippen LogP contribution is 2.35. The maximum atomic E-state index is 13.6. The second-order valence-corrected chi connectivity index (χ2v) is 4.06. The van der Waals surface area contributed by atoms with Gasteiger partial charge in [-0.05, 0) is 18.1 Å². The van der Waals surface area contributed by atoms with E-state index in [2.05, 4.69) is 5.16 Å². The standard InChI is InChI=1S/C12H12F2N2O/c1-6(2)9-11(17-16-12(9)15)10-7(13)4-3-5-8(10)14/h3-6H,1-2H3,(H2,15,16). The Kier molecular flexibility index (Phi) is 2.83. The van der Waals surface area contributed by atoms with Gasteiger partial charge >= 0.3 is 0 Å². The van der Waals surface area contributed by atoms with Crippen molar-refractivity contribution in [1.29, 1.82) is 0 Å². The first-order valence-corrected chi connectivity index (χ1v) is 5.21. The van der Waals surface area contributed by atoms with Gasteiger partial charge < -0.3 is 10.3 Å². The van der Waals surface area contributed by atoms with Gasteiger partial charge in [-0.25, -0.2) is 8.78 Å². The van der Waals surface area contributed by atoms with E-state index in [1.165, 1.54) is 18.2 Å². The van der Waals surface area contributed by atoms with Gasteiger partial charge in [-0.1, -0.05) is 25.1 Å². The lowest BCUT2D eigenvalue weighted by atomic mass is 9.99. The van der Waals surface area contributed by atoms with E-state index in [0.29, 0.717) is 5.56 Å². The zero-order valence-electron chi connectivity index (χ0n) is 9.50.